The third kappa shape index (κ3) is 3.14. The van der Waals surface area contributed by atoms with Crippen LogP contribution in [0, 0.1) is 11.3 Å². The van der Waals surface area contributed by atoms with Crippen LogP contribution in [0.1, 0.15) is 37.2 Å². The summed E-state index contributed by atoms with van der Waals surface area (Å²) in [5, 5.41) is 12.4. The number of carbonyl (C=O) groups excluding carboxylic acids is 2. The summed E-state index contributed by atoms with van der Waals surface area (Å²) in [6.07, 6.45) is 7.36. The van der Waals surface area contributed by atoms with Crippen molar-refractivity contribution in [1.29, 1.82) is 0 Å². The van der Waals surface area contributed by atoms with Gasteiger partial charge in [-0.3, -0.25) is 19.8 Å². The van der Waals surface area contributed by atoms with E-state index in [0.717, 1.165) is 31.4 Å². The molecule has 4 rings (SSSR count). The highest BCUT2D eigenvalue weighted by molar-refractivity contribution is 5.90. The standard InChI is InChI=1S/C18H24N4O3/c23-16(21-25)14-8-18(4-5-18)11-20-15(14)17(24)22-7-3-13(10-22)12-2-1-6-19-9-12/h1-2,6,9,13-15,20,25H,3-5,7-8,10-11H2,(H,21,23). The van der Waals surface area contributed by atoms with Crippen molar-refractivity contribution in [2.45, 2.75) is 37.6 Å². The Morgan fingerprint density at radius 2 is 2.24 bits per heavy atom. The van der Waals surface area contributed by atoms with Gasteiger partial charge in [-0.2, -0.15) is 0 Å². The van der Waals surface area contributed by atoms with Crippen LogP contribution in [0.15, 0.2) is 24.5 Å². The summed E-state index contributed by atoms with van der Waals surface area (Å²) in [5.74, 6) is -0.706. The van der Waals surface area contributed by atoms with E-state index in [1.807, 2.05) is 23.2 Å². The SMILES string of the molecule is O=C(NO)C1CC2(CC2)CNC1C(=O)N1CCC(c2cccnc2)C1. The highest BCUT2D eigenvalue weighted by atomic mass is 16.5. The van der Waals surface area contributed by atoms with Crippen LogP contribution in [0.25, 0.3) is 0 Å². The average Bonchev–Trinajstić information content (AvgIpc) is 3.22. The number of hydroxylamine groups is 1. The number of aromatic nitrogens is 1. The van der Waals surface area contributed by atoms with Gasteiger partial charge in [0.2, 0.25) is 11.8 Å². The van der Waals surface area contributed by atoms with Gasteiger partial charge >= 0.3 is 0 Å². The van der Waals surface area contributed by atoms with Gasteiger partial charge in [0.05, 0.1) is 12.0 Å². The summed E-state index contributed by atoms with van der Waals surface area (Å²) in [6, 6.07) is 3.41. The number of nitrogens with one attached hydrogen (secondary N) is 2. The molecular weight excluding hydrogens is 320 g/mol. The Balaban J connectivity index is 1.45. The molecule has 2 aliphatic heterocycles. The number of amides is 2. The lowest BCUT2D eigenvalue weighted by Crippen LogP contribution is -2.58. The van der Waals surface area contributed by atoms with Gasteiger partial charge in [0.1, 0.15) is 0 Å². The minimum Gasteiger partial charge on any atom is -0.341 e. The highest BCUT2D eigenvalue weighted by Gasteiger charge is 2.53. The summed E-state index contributed by atoms with van der Waals surface area (Å²) >= 11 is 0. The Morgan fingerprint density at radius 3 is 2.92 bits per heavy atom. The maximum Gasteiger partial charge on any atom is 0.248 e. The van der Waals surface area contributed by atoms with E-state index in [2.05, 4.69) is 10.3 Å². The summed E-state index contributed by atoms with van der Waals surface area (Å²) in [6.45, 7) is 2.12. The van der Waals surface area contributed by atoms with Crippen molar-refractivity contribution in [1.82, 2.24) is 20.7 Å². The van der Waals surface area contributed by atoms with Crippen LogP contribution < -0.4 is 10.8 Å². The predicted molar refractivity (Wildman–Crippen MR) is 89.7 cm³/mol. The summed E-state index contributed by atoms with van der Waals surface area (Å²) in [7, 11) is 0. The fraction of sp³-hybridized carbons (Fsp3) is 0.611. The number of hydrogen-bond acceptors (Lipinski definition) is 5. The lowest BCUT2D eigenvalue weighted by molar-refractivity contribution is -0.144. The Labute approximate surface area is 146 Å². The number of rotatable bonds is 3. The fourth-order valence-corrected chi connectivity index (χ4v) is 4.32. The first-order chi connectivity index (χ1) is 12.1. The molecule has 7 nitrogen and oxygen atoms in total. The number of nitrogens with zero attached hydrogens (tertiary/aromatic N) is 2. The normalized spacial score (nSPS) is 30.3. The van der Waals surface area contributed by atoms with E-state index in [1.165, 1.54) is 0 Å². The minimum atomic E-state index is -0.550. The topological polar surface area (TPSA) is 94.6 Å². The van der Waals surface area contributed by atoms with E-state index in [9.17, 15) is 9.59 Å². The van der Waals surface area contributed by atoms with E-state index in [0.29, 0.717) is 25.4 Å². The van der Waals surface area contributed by atoms with Crippen molar-refractivity contribution in [2.24, 2.45) is 11.3 Å². The molecule has 1 saturated carbocycles. The van der Waals surface area contributed by atoms with Crippen LogP contribution in [0.5, 0.6) is 0 Å². The van der Waals surface area contributed by atoms with Gasteiger partial charge in [-0.25, -0.2) is 5.48 Å². The first kappa shape index (κ1) is 16.5. The molecule has 3 fully saturated rings. The summed E-state index contributed by atoms with van der Waals surface area (Å²) in [5.41, 5.74) is 3.05. The van der Waals surface area contributed by atoms with Crippen molar-refractivity contribution < 1.29 is 14.8 Å². The Hall–Kier alpha value is -1.99. The Kier molecular flexibility index (Phi) is 4.21. The van der Waals surface area contributed by atoms with Crippen LogP contribution in [0.4, 0.5) is 0 Å². The van der Waals surface area contributed by atoms with Crippen LogP contribution in [0.2, 0.25) is 0 Å². The van der Waals surface area contributed by atoms with Crippen LogP contribution in [-0.4, -0.2) is 52.6 Å². The predicted octanol–water partition coefficient (Wildman–Crippen LogP) is 0.661. The Morgan fingerprint density at radius 1 is 1.40 bits per heavy atom. The molecule has 3 unspecified atom stereocenters. The summed E-state index contributed by atoms with van der Waals surface area (Å²) < 4.78 is 0. The molecule has 0 bridgehead atoms. The highest BCUT2D eigenvalue weighted by Crippen LogP contribution is 2.52. The number of carbonyl (C=O) groups is 2. The van der Waals surface area contributed by atoms with Crippen molar-refractivity contribution in [3.05, 3.63) is 30.1 Å². The van der Waals surface area contributed by atoms with Gasteiger partial charge in [-0.1, -0.05) is 6.07 Å². The molecule has 2 amide bonds. The van der Waals surface area contributed by atoms with Gasteiger partial charge in [0, 0.05) is 37.9 Å². The maximum atomic E-state index is 13.0. The van der Waals surface area contributed by atoms with Crippen molar-refractivity contribution >= 4 is 11.8 Å². The van der Waals surface area contributed by atoms with Gasteiger partial charge in [0.15, 0.2) is 0 Å². The zero-order chi connectivity index (χ0) is 17.4. The molecule has 3 atom stereocenters. The molecule has 25 heavy (non-hydrogen) atoms. The van der Waals surface area contributed by atoms with Crippen LogP contribution in [-0.2, 0) is 9.59 Å². The van der Waals surface area contributed by atoms with Gasteiger partial charge in [0.25, 0.3) is 0 Å². The lowest BCUT2D eigenvalue weighted by Gasteiger charge is -2.37. The zero-order valence-corrected chi connectivity index (χ0v) is 14.1. The quantitative estimate of drug-likeness (QED) is 0.553. The molecular formula is C18H24N4O3. The van der Waals surface area contributed by atoms with Crippen molar-refractivity contribution in [2.75, 3.05) is 19.6 Å². The van der Waals surface area contributed by atoms with Crippen LogP contribution >= 0.6 is 0 Å². The third-order valence-corrected chi connectivity index (χ3v) is 6.08. The molecule has 2 saturated heterocycles. The molecule has 1 aliphatic carbocycles. The third-order valence-electron chi connectivity index (χ3n) is 6.08. The van der Waals surface area contributed by atoms with Crippen molar-refractivity contribution in [3.63, 3.8) is 0 Å². The van der Waals surface area contributed by atoms with E-state index in [4.69, 9.17) is 5.21 Å². The average molecular weight is 344 g/mol. The number of pyridine rings is 1. The molecule has 134 valence electrons. The van der Waals surface area contributed by atoms with E-state index in [1.54, 1.807) is 11.7 Å². The minimum absolute atomic E-state index is 0.0320. The maximum absolute atomic E-state index is 13.0. The molecule has 0 radical (unpaired) electrons. The van der Waals surface area contributed by atoms with Crippen molar-refractivity contribution in [3.8, 4) is 0 Å². The molecule has 3 aliphatic rings. The molecule has 0 aromatic carbocycles. The van der Waals surface area contributed by atoms with Gasteiger partial charge in [-0.15, -0.1) is 0 Å². The second-order valence-electron chi connectivity index (χ2n) is 7.70. The first-order valence-electron chi connectivity index (χ1n) is 8.98. The number of piperidine rings is 1. The second kappa shape index (κ2) is 6.38. The Bertz CT molecular complexity index is 662. The van der Waals surface area contributed by atoms with E-state index in [-0.39, 0.29) is 11.3 Å². The molecule has 1 spiro atoms. The smallest absolute Gasteiger partial charge is 0.248 e. The number of likely N-dealkylation sites (tertiary alicyclic amines) is 1. The first-order valence-corrected chi connectivity index (χ1v) is 8.98. The van der Waals surface area contributed by atoms with E-state index < -0.39 is 17.9 Å². The molecule has 3 heterocycles. The van der Waals surface area contributed by atoms with Gasteiger partial charge in [-0.05, 0) is 42.7 Å². The molecule has 3 N–H and O–H groups in total. The molecule has 1 aromatic heterocycles. The second-order valence-corrected chi connectivity index (χ2v) is 7.70. The summed E-state index contributed by atoms with van der Waals surface area (Å²) in [4.78, 5) is 31.2. The lowest BCUT2D eigenvalue weighted by atomic mass is 9.81. The van der Waals surface area contributed by atoms with Crippen LogP contribution in [0.3, 0.4) is 0 Å². The largest absolute Gasteiger partial charge is 0.341 e. The van der Waals surface area contributed by atoms with E-state index >= 15 is 0 Å². The molecule has 7 heteroatoms. The molecule has 1 aromatic rings. The monoisotopic (exact) mass is 344 g/mol. The van der Waals surface area contributed by atoms with Gasteiger partial charge < -0.3 is 10.2 Å². The number of hydrogen-bond donors (Lipinski definition) is 3. The zero-order valence-electron chi connectivity index (χ0n) is 14.1. The fourth-order valence-electron chi connectivity index (χ4n) is 4.32.